The first-order valence-corrected chi connectivity index (χ1v) is 6.48. The molecule has 1 aliphatic rings. The first kappa shape index (κ1) is 10.00. The highest BCUT2D eigenvalue weighted by Crippen LogP contribution is 2.40. The lowest BCUT2D eigenvalue weighted by Gasteiger charge is -2.28. The van der Waals surface area contributed by atoms with Gasteiger partial charge >= 0.3 is 0 Å². The van der Waals surface area contributed by atoms with Gasteiger partial charge in [-0.3, -0.25) is 0 Å². The van der Waals surface area contributed by atoms with Crippen LogP contribution in [0, 0.1) is 0 Å². The van der Waals surface area contributed by atoms with E-state index < -0.39 is 0 Å². The Morgan fingerprint density at radius 3 is 3.06 bits per heavy atom. The first-order valence-electron chi connectivity index (χ1n) is 5.60. The Morgan fingerprint density at radius 1 is 1.38 bits per heavy atom. The summed E-state index contributed by atoms with van der Waals surface area (Å²) in [4.78, 5) is 4.66. The van der Waals surface area contributed by atoms with Crippen LogP contribution in [0.5, 0.6) is 0 Å². The monoisotopic (exact) mass is 230 g/mol. The molecule has 1 unspecified atom stereocenters. The van der Waals surface area contributed by atoms with Gasteiger partial charge in [0.05, 0.1) is 5.69 Å². The lowest BCUT2D eigenvalue weighted by Crippen LogP contribution is -2.17. The molecule has 3 heteroatoms. The van der Waals surface area contributed by atoms with Gasteiger partial charge in [0.2, 0.25) is 0 Å². The van der Waals surface area contributed by atoms with Crippen LogP contribution in [-0.2, 0) is 12.8 Å². The fourth-order valence-corrected chi connectivity index (χ4v) is 3.20. The number of hydrogen-bond acceptors (Lipinski definition) is 3. The summed E-state index contributed by atoms with van der Waals surface area (Å²) in [7, 11) is 0. The molecule has 0 saturated heterocycles. The molecule has 2 N–H and O–H groups in total. The molecule has 82 valence electrons. The Morgan fingerprint density at radius 2 is 2.25 bits per heavy atom. The van der Waals surface area contributed by atoms with Crippen LogP contribution in [0.4, 0.5) is 0 Å². The highest BCUT2D eigenvalue weighted by molar-refractivity contribution is 7.09. The standard InChI is InChI=1S/C13H14N2S/c14-6-5-10-8-16-13(15-10)12-7-9-3-1-2-4-11(9)12/h1-4,8,12H,5-7,14H2. The Kier molecular flexibility index (Phi) is 2.50. The van der Waals surface area contributed by atoms with Gasteiger partial charge in [-0.2, -0.15) is 0 Å². The molecule has 0 bridgehead atoms. The number of nitrogens with zero attached hydrogens (tertiary/aromatic N) is 1. The summed E-state index contributed by atoms with van der Waals surface area (Å²) in [6, 6.07) is 8.64. The molecular weight excluding hydrogens is 216 g/mol. The van der Waals surface area contributed by atoms with E-state index >= 15 is 0 Å². The summed E-state index contributed by atoms with van der Waals surface area (Å²) < 4.78 is 0. The second-order valence-corrected chi connectivity index (χ2v) is 5.06. The van der Waals surface area contributed by atoms with Crippen LogP contribution < -0.4 is 5.73 Å². The predicted molar refractivity (Wildman–Crippen MR) is 66.9 cm³/mol. The molecule has 16 heavy (non-hydrogen) atoms. The van der Waals surface area contributed by atoms with Crippen molar-refractivity contribution in [2.24, 2.45) is 5.73 Å². The fourth-order valence-electron chi connectivity index (χ4n) is 2.22. The Labute approximate surface area is 99.1 Å². The maximum atomic E-state index is 5.53. The van der Waals surface area contributed by atoms with Gasteiger partial charge < -0.3 is 5.73 Å². The third kappa shape index (κ3) is 1.56. The molecule has 0 aliphatic heterocycles. The second kappa shape index (κ2) is 4.00. The van der Waals surface area contributed by atoms with E-state index in [4.69, 9.17) is 5.73 Å². The Hall–Kier alpha value is -1.19. The van der Waals surface area contributed by atoms with E-state index in [0.29, 0.717) is 12.5 Å². The van der Waals surface area contributed by atoms with E-state index in [2.05, 4.69) is 34.6 Å². The van der Waals surface area contributed by atoms with Gasteiger partial charge in [-0.15, -0.1) is 11.3 Å². The number of benzene rings is 1. The molecule has 1 aromatic carbocycles. The van der Waals surface area contributed by atoms with Crippen molar-refractivity contribution in [2.75, 3.05) is 6.54 Å². The molecule has 1 atom stereocenters. The molecule has 2 nitrogen and oxygen atoms in total. The van der Waals surface area contributed by atoms with Crippen LogP contribution in [0.3, 0.4) is 0 Å². The first-order chi connectivity index (χ1) is 7.88. The molecule has 0 radical (unpaired) electrons. The van der Waals surface area contributed by atoms with Gasteiger partial charge in [-0.25, -0.2) is 4.98 Å². The van der Waals surface area contributed by atoms with Crippen molar-refractivity contribution >= 4 is 11.3 Å². The van der Waals surface area contributed by atoms with E-state index in [1.807, 2.05) is 0 Å². The van der Waals surface area contributed by atoms with E-state index in [-0.39, 0.29) is 0 Å². The lowest BCUT2D eigenvalue weighted by molar-refractivity contribution is 0.698. The number of aromatic nitrogens is 1. The third-order valence-corrected chi connectivity index (χ3v) is 4.13. The van der Waals surface area contributed by atoms with Crippen LogP contribution >= 0.6 is 11.3 Å². The average Bonchev–Trinajstić information content (AvgIpc) is 2.69. The number of rotatable bonds is 3. The molecule has 0 amide bonds. The third-order valence-electron chi connectivity index (χ3n) is 3.12. The van der Waals surface area contributed by atoms with Gasteiger partial charge in [0.25, 0.3) is 0 Å². The topological polar surface area (TPSA) is 38.9 Å². The summed E-state index contributed by atoms with van der Waals surface area (Å²) in [5.74, 6) is 0.535. The van der Waals surface area contributed by atoms with Gasteiger partial charge in [0.1, 0.15) is 5.01 Å². The van der Waals surface area contributed by atoms with Crippen LogP contribution in [-0.4, -0.2) is 11.5 Å². The number of fused-ring (bicyclic) bond motifs is 1. The average molecular weight is 230 g/mol. The molecule has 1 aliphatic carbocycles. The van der Waals surface area contributed by atoms with E-state index in [1.165, 1.54) is 16.1 Å². The number of nitrogens with two attached hydrogens (primary N) is 1. The van der Waals surface area contributed by atoms with Gasteiger partial charge in [-0.05, 0) is 24.1 Å². The maximum Gasteiger partial charge on any atom is 0.101 e. The quantitative estimate of drug-likeness (QED) is 0.879. The minimum Gasteiger partial charge on any atom is -0.330 e. The zero-order valence-corrected chi connectivity index (χ0v) is 9.83. The largest absolute Gasteiger partial charge is 0.330 e. The van der Waals surface area contributed by atoms with Crippen LogP contribution in [0.2, 0.25) is 0 Å². The Bertz CT molecular complexity index is 504. The van der Waals surface area contributed by atoms with Crippen molar-refractivity contribution in [3.8, 4) is 0 Å². The second-order valence-electron chi connectivity index (χ2n) is 4.17. The molecule has 1 aromatic heterocycles. The van der Waals surface area contributed by atoms with Crippen molar-refractivity contribution in [3.63, 3.8) is 0 Å². The summed E-state index contributed by atoms with van der Waals surface area (Å²) in [6.45, 7) is 0.685. The number of hydrogen-bond donors (Lipinski definition) is 1. The van der Waals surface area contributed by atoms with E-state index in [1.54, 1.807) is 11.3 Å². The normalized spacial score (nSPS) is 17.9. The zero-order chi connectivity index (χ0) is 11.0. The molecule has 0 saturated carbocycles. The SMILES string of the molecule is NCCc1csc(C2Cc3ccccc32)n1. The summed E-state index contributed by atoms with van der Waals surface area (Å²) in [5, 5.41) is 3.39. The summed E-state index contributed by atoms with van der Waals surface area (Å²) in [6.07, 6.45) is 2.04. The summed E-state index contributed by atoms with van der Waals surface area (Å²) in [5.41, 5.74) is 9.61. The molecule has 0 spiro atoms. The number of thiazole rings is 1. The van der Waals surface area contributed by atoms with Crippen LogP contribution in [0.15, 0.2) is 29.6 Å². The lowest BCUT2D eigenvalue weighted by atomic mass is 9.78. The van der Waals surface area contributed by atoms with Gasteiger partial charge in [-0.1, -0.05) is 24.3 Å². The van der Waals surface area contributed by atoms with E-state index in [9.17, 15) is 0 Å². The van der Waals surface area contributed by atoms with Crippen molar-refractivity contribution in [2.45, 2.75) is 18.8 Å². The van der Waals surface area contributed by atoms with Crippen molar-refractivity contribution < 1.29 is 0 Å². The highest BCUT2D eigenvalue weighted by Gasteiger charge is 2.29. The van der Waals surface area contributed by atoms with Crippen LogP contribution in [0.1, 0.15) is 27.7 Å². The van der Waals surface area contributed by atoms with Crippen molar-refractivity contribution in [1.29, 1.82) is 0 Å². The van der Waals surface area contributed by atoms with Crippen molar-refractivity contribution in [3.05, 3.63) is 51.5 Å². The molecule has 0 fully saturated rings. The zero-order valence-electron chi connectivity index (χ0n) is 9.02. The molecule has 3 rings (SSSR count). The van der Waals surface area contributed by atoms with Crippen LogP contribution in [0.25, 0.3) is 0 Å². The van der Waals surface area contributed by atoms with Gasteiger partial charge in [0.15, 0.2) is 0 Å². The summed E-state index contributed by atoms with van der Waals surface area (Å²) >= 11 is 1.77. The smallest absolute Gasteiger partial charge is 0.101 e. The predicted octanol–water partition coefficient (Wildman–Crippen LogP) is 2.33. The minimum absolute atomic E-state index is 0.535. The molecule has 2 aromatic rings. The van der Waals surface area contributed by atoms with E-state index in [0.717, 1.165) is 18.5 Å². The molecule has 1 heterocycles. The molecular formula is C13H14N2S. The minimum atomic E-state index is 0.535. The highest BCUT2D eigenvalue weighted by atomic mass is 32.1. The van der Waals surface area contributed by atoms with Gasteiger partial charge in [0, 0.05) is 17.7 Å². The Balaban J connectivity index is 1.85. The van der Waals surface area contributed by atoms with Crippen molar-refractivity contribution in [1.82, 2.24) is 4.98 Å². The fraction of sp³-hybridized carbons (Fsp3) is 0.308. The maximum absolute atomic E-state index is 5.53.